The molecule has 1 aromatic rings. The lowest BCUT2D eigenvalue weighted by atomic mass is 9.76. The summed E-state index contributed by atoms with van der Waals surface area (Å²) in [7, 11) is 0. The van der Waals surface area contributed by atoms with Gasteiger partial charge in [0.15, 0.2) is 0 Å². The van der Waals surface area contributed by atoms with Crippen LogP contribution in [-0.2, 0) is 10.2 Å². The maximum absolute atomic E-state index is 12.9. The Morgan fingerprint density at radius 2 is 2.32 bits per heavy atom. The standard InChI is InChI=1S/C15H21N3O/c1-3-9-18-13-12(6-5-11(2)17-13)15(14(18)19)7-4-8-16-10-15/h5-6,16H,3-4,7-10H2,1-2H3/t15-/m0/s1. The molecule has 3 rings (SSSR count). The number of carbonyl (C=O) groups is 1. The van der Waals surface area contributed by atoms with E-state index in [0.717, 1.165) is 56.0 Å². The molecule has 0 unspecified atom stereocenters. The van der Waals surface area contributed by atoms with Crippen LogP contribution in [0.3, 0.4) is 0 Å². The first-order valence-electron chi connectivity index (χ1n) is 7.20. The summed E-state index contributed by atoms with van der Waals surface area (Å²) in [5, 5.41) is 3.39. The molecule has 4 heteroatoms. The summed E-state index contributed by atoms with van der Waals surface area (Å²) in [6.45, 7) is 6.62. The van der Waals surface area contributed by atoms with Crippen molar-refractivity contribution in [3.63, 3.8) is 0 Å². The summed E-state index contributed by atoms with van der Waals surface area (Å²) in [4.78, 5) is 19.4. The van der Waals surface area contributed by atoms with Gasteiger partial charge < -0.3 is 5.32 Å². The van der Waals surface area contributed by atoms with Crippen molar-refractivity contribution in [2.75, 3.05) is 24.5 Å². The van der Waals surface area contributed by atoms with Gasteiger partial charge in [-0.25, -0.2) is 4.98 Å². The number of rotatable bonds is 2. The molecule has 102 valence electrons. The molecular weight excluding hydrogens is 238 g/mol. The minimum Gasteiger partial charge on any atom is -0.315 e. The van der Waals surface area contributed by atoms with Crippen molar-refractivity contribution in [3.8, 4) is 0 Å². The van der Waals surface area contributed by atoms with E-state index >= 15 is 0 Å². The molecule has 2 aliphatic heterocycles. The number of pyridine rings is 1. The third-order valence-electron chi connectivity index (χ3n) is 4.27. The van der Waals surface area contributed by atoms with Gasteiger partial charge in [0.1, 0.15) is 5.82 Å². The van der Waals surface area contributed by atoms with Crippen LogP contribution in [0.15, 0.2) is 12.1 Å². The fourth-order valence-electron chi connectivity index (χ4n) is 3.34. The smallest absolute Gasteiger partial charge is 0.240 e. The van der Waals surface area contributed by atoms with Gasteiger partial charge in [-0.3, -0.25) is 9.69 Å². The third kappa shape index (κ3) is 1.77. The lowest BCUT2D eigenvalue weighted by molar-refractivity contribution is -0.123. The molecular formula is C15H21N3O. The quantitative estimate of drug-likeness (QED) is 0.880. The molecule has 0 radical (unpaired) electrons. The molecule has 0 aromatic carbocycles. The first-order chi connectivity index (χ1) is 9.19. The van der Waals surface area contributed by atoms with E-state index in [4.69, 9.17) is 0 Å². The van der Waals surface area contributed by atoms with Crippen molar-refractivity contribution in [1.82, 2.24) is 10.3 Å². The van der Waals surface area contributed by atoms with Crippen molar-refractivity contribution in [2.45, 2.75) is 38.5 Å². The second kappa shape index (κ2) is 4.60. The predicted molar refractivity (Wildman–Crippen MR) is 75.4 cm³/mol. The molecule has 1 atom stereocenters. The molecule has 19 heavy (non-hydrogen) atoms. The van der Waals surface area contributed by atoms with Crippen LogP contribution in [0.1, 0.15) is 37.4 Å². The van der Waals surface area contributed by atoms with Gasteiger partial charge in [0.25, 0.3) is 0 Å². The molecule has 1 amide bonds. The van der Waals surface area contributed by atoms with E-state index < -0.39 is 0 Å². The Morgan fingerprint density at radius 3 is 3.00 bits per heavy atom. The molecule has 3 heterocycles. The SMILES string of the molecule is CCCN1C(=O)[C@]2(CCCNC2)c2ccc(C)nc21. The number of fused-ring (bicyclic) bond motifs is 2. The summed E-state index contributed by atoms with van der Waals surface area (Å²) in [6, 6.07) is 4.14. The highest BCUT2D eigenvalue weighted by Crippen LogP contribution is 2.44. The predicted octanol–water partition coefficient (Wildman–Crippen LogP) is 1.77. The van der Waals surface area contributed by atoms with Crippen LogP contribution >= 0.6 is 0 Å². The maximum Gasteiger partial charge on any atom is 0.240 e. The molecule has 4 nitrogen and oxygen atoms in total. The van der Waals surface area contributed by atoms with Gasteiger partial charge in [-0.2, -0.15) is 0 Å². The Bertz CT molecular complexity index is 506. The summed E-state index contributed by atoms with van der Waals surface area (Å²) in [5.74, 6) is 1.14. The van der Waals surface area contributed by atoms with E-state index in [1.54, 1.807) is 0 Å². The molecule has 2 aliphatic rings. The number of amides is 1. The van der Waals surface area contributed by atoms with Gasteiger partial charge in [-0.05, 0) is 38.8 Å². The number of nitrogens with zero attached hydrogens (tertiary/aromatic N) is 2. The molecule has 1 N–H and O–H groups in total. The zero-order chi connectivity index (χ0) is 13.5. The second-order valence-corrected chi connectivity index (χ2v) is 5.64. The first-order valence-corrected chi connectivity index (χ1v) is 7.20. The summed E-state index contributed by atoms with van der Waals surface area (Å²) >= 11 is 0. The van der Waals surface area contributed by atoms with E-state index in [1.165, 1.54) is 0 Å². The van der Waals surface area contributed by atoms with Crippen molar-refractivity contribution >= 4 is 11.7 Å². The first kappa shape index (κ1) is 12.6. The lowest BCUT2D eigenvalue weighted by Gasteiger charge is -2.32. The second-order valence-electron chi connectivity index (χ2n) is 5.64. The molecule has 1 spiro atoms. The molecule has 1 aromatic heterocycles. The van der Waals surface area contributed by atoms with E-state index in [1.807, 2.05) is 17.9 Å². The maximum atomic E-state index is 12.9. The van der Waals surface area contributed by atoms with Crippen LogP contribution in [0.5, 0.6) is 0 Å². The molecule has 0 bridgehead atoms. The highest BCUT2D eigenvalue weighted by Gasteiger charge is 2.51. The largest absolute Gasteiger partial charge is 0.315 e. The number of aromatic nitrogens is 1. The van der Waals surface area contributed by atoms with E-state index in [0.29, 0.717) is 0 Å². The van der Waals surface area contributed by atoms with E-state index in [-0.39, 0.29) is 11.3 Å². The fraction of sp³-hybridized carbons (Fsp3) is 0.600. The normalized spacial score (nSPS) is 26.0. The van der Waals surface area contributed by atoms with Crippen LogP contribution in [-0.4, -0.2) is 30.5 Å². The van der Waals surface area contributed by atoms with Gasteiger partial charge >= 0.3 is 0 Å². The highest BCUT2D eigenvalue weighted by molar-refractivity contribution is 6.07. The number of piperidine rings is 1. The highest BCUT2D eigenvalue weighted by atomic mass is 16.2. The van der Waals surface area contributed by atoms with Crippen LogP contribution in [0.4, 0.5) is 5.82 Å². The number of aryl methyl sites for hydroxylation is 1. The van der Waals surface area contributed by atoms with Crippen LogP contribution in [0, 0.1) is 6.92 Å². The van der Waals surface area contributed by atoms with Crippen LogP contribution in [0.2, 0.25) is 0 Å². The molecule has 0 saturated carbocycles. The Balaban J connectivity index is 2.11. The third-order valence-corrected chi connectivity index (χ3v) is 4.27. The number of carbonyl (C=O) groups excluding carboxylic acids is 1. The number of hydrogen-bond donors (Lipinski definition) is 1. The zero-order valence-corrected chi connectivity index (χ0v) is 11.7. The van der Waals surface area contributed by atoms with Crippen molar-refractivity contribution in [2.24, 2.45) is 0 Å². The number of hydrogen-bond acceptors (Lipinski definition) is 3. The topological polar surface area (TPSA) is 45.2 Å². The van der Waals surface area contributed by atoms with Crippen LogP contribution < -0.4 is 10.2 Å². The van der Waals surface area contributed by atoms with Crippen molar-refractivity contribution in [1.29, 1.82) is 0 Å². The Hall–Kier alpha value is -1.42. The summed E-state index contributed by atoms with van der Waals surface area (Å²) in [6.07, 6.45) is 2.96. The van der Waals surface area contributed by atoms with Gasteiger partial charge in [-0.1, -0.05) is 13.0 Å². The summed E-state index contributed by atoms with van der Waals surface area (Å²) in [5.41, 5.74) is 1.75. The molecule has 1 saturated heterocycles. The minimum atomic E-state index is -0.358. The molecule has 1 fully saturated rings. The van der Waals surface area contributed by atoms with Crippen molar-refractivity contribution < 1.29 is 4.79 Å². The Labute approximate surface area is 114 Å². The van der Waals surface area contributed by atoms with Crippen LogP contribution in [0.25, 0.3) is 0 Å². The van der Waals surface area contributed by atoms with Gasteiger partial charge in [0.2, 0.25) is 5.91 Å². The number of nitrogens with one attached hydrogen (secondary N) is 1. The lowest BCUT2D eigenvalue weighted by Crippen LogP contribution is -2.50. The Morgan fingerprint density at radius 1 is 1.47 bits per heavy atom. The fourth-order valence-corrected chi connectivity index (χ4v) is 3.34. The average Bonchev–Trinajstić information content (AvgIpc) is 2.63. The van der Waals surface area contributed by atoms with Gasteiger partial charge in [0.05, 0.1) is 5.41 Å². The average molecular weight is 259 g/mol. The minimum absolute atomic E-state index is 0.245. The molecule has 0 aliphatic carbocycles. The van der Waals surface area contributed by atoms with E-state index in [9.17, 15) is 4.79 Å². The van der Waals surface area contributed by atoms with E-state index in [2.05, 4.69) is 23.3 Å². The monoisotopic (exact) mass is 259 g/mol. The zero-order valence-electron chi connectivity index (χ0n) is 11.7. The Kier molecular flexibility index (Phi) is 3.05. The summed E-state index contributed by atoms with van der Waals surface area (Å²) < 4.78 is 0. The van der Waals surface area contributed by atoms with Gasteiger partial charge in [-0.15, -0.1) is 0 Å². The van der Waals surface area contributed by atoms with Crippen molar-refractivity contribution in [3.05, 3.63) is 23.4 Å². The number of anilines is 1. The van der Waals surface area contributed by atoms with Gasteiger partial charge in [0, 0.05) is 24.3 Å².